The number of aliphatic hydroxyl groups excluding tert-OH is 4. The molecular weight excluding hydrogens is 1120 g/mol. The second kappa shape index (κ2) is 34.3. The Hall–Kier alpha value is -5.53. The van der Waals surface area contributed by atoms with Crippen LogP contribution < -0.4 is 55.2 Å². The Balaban J connectivity index is 0.000000246. The lowest BCUT2D eigenvalue weighted by Crippen LogP contribution is -2.42. The van der Waals surface area contributed by atoms with Gasteiger partial charge in [0.15, 0.2) is 5.78 Å². The van der Waals surface area contributed by atoms with Crippen molar-refractivity contribution >= 4 is 40.9 Å². The van der Waals surface area contributed by atoms with E-state index in [-0.39, 0.29) is 66.2 Å². The molecular formula is C64H102N8O13S. The lowest BCUT2D eigenvalue weighted by molar-refractivity contribution is -0.132. The number of nitrogens with zero attached hydrogens (tertiary/aromatic N) is 3. The van der Waals surface area contributed by atoms with Crippen LogP contribution in [0.3, 0.4) is 0 Å². The number of hydrogen-bond acceptors (Lipinski definition) is 21. The number of morpholine rings is 1. The van der Waals surface area contributed by atoms with Gasteiger partial charge in [-0.05, 0) is 164 Å². The number of nitrogens with one attached hydrogen (secondary N) is 5. The molecule has 22 heteroatoms. The van der Waals surface area contributed by atoms with E-state index < -0.39 is 24.4 Å². The van der Waals surface area contributed by atoms with Gasteiger partial charge in [-0.2, -0.15) is 4.37 Å². The van der Waals surface area contributed by atoms with Gasteiger partial charge in [-0.3, -0.25) is 14.4 Å². The van der Waals surface area contributed by atoms with Gasteiger partial charge in [0.2, 0.25) is 11.7 Å². The summed E-state index contributed by atoms with van der Waals surface area (Å²) in [5.74, 6) is 3.88. The average Bonchev–Trinajstić information content (AvgIpc) is 3.99. The molecule has 0 radical (unpaired) electrons. The van der Waals surface area contributed by atoms with Crippen molar-refractivity contribution in [3.8, 4) is 28.9 Å². The average molecular weight is 1220 g/mol. The van der Waals surface area contributed by atoms with Gasteiger partial charge >= 0.3 is 5.97 Å². The van der Waals surface area contributed by atoms with Gasteiger partial charge in [0.05, 0.1) is 24.9 Å². The first-order chi connectivity index (χ1) is 40.2. The highest BCUT2D eigenvalue weighted by Crippen LogP contribution is 2.35. The smallest absolute Gasteiger partial charge is 0.308 e. The molecule has 1 fully saturated rings. The zero-order chi connectivity index (χ0) is 64.0. The minimum Gasteiger partial charge on any atom is -0.491 e. The van der Waals surface area contributed by atoms with Gasteiger partial charge in [-0.25, -0.2) is 0 Å². The number of aliphatic hydroxyl groups is 4. The second-order valence-electron chi connectivity index (χ2n) is 26.1. The zero-order valence-corrected chi connectivity index (χ0v) is 54.9. The van der Waals surface area contributed by atoms with Crippen molar-refractivity contribution in [2.75, 3.05) is 89.1 Å². The van der Waals surface area contributed by atoms with Crippen LogP contribution in [0.15, 0.2) is 42.5 Å². The fourth-order valence-corrected chi connectivity index (χ4v) is 9.20. The zero-order valence-electron chi connectivity index (χ0n) is 54.1. The Kier molecular flexibility index (Phi) is 29.1. The van der Waals surface area contributed by atoms with Crippen LogP contribution in [0, 0.1) is 20.8 Å². The van der Waals surface area contributed by atoms with Crippen LogP contribution in [0.4, 0.5) is 11.5 Å². The summed E-state index contributed by atoms with van der Waals surface area (Å²) in [6.45, 7) is 37.4. The van der Waals surface area contributed by atoms with E-state index in [0.717, 1.165) is 94.0 Å². The summed E-state index contributed by atoms with van der Waals surface area (Å²) in [7, 11) is 0. The predicted molar refractivity (Wildman–Crippen MR) is 339 cm³/mol. The van der Waals surface area contributed by atoms with Crippen molar-refractivity contribution in [3.63, 3.8) is 0 Å². The van der Waals surface area contributed by atoms with Gasteiger partial charge in [0.25, 0.3) is 5.88 Å². The Labute approximate surface area is 515 Å². The van der Waals surface area contributed by atoms with E-state index in [0.29, 0.717) is 76.0 Å². The summed E-state index contributed by atoms with van der Waals surface area (Å²) in [5, 5.41) is 55.7. The Morgan fingerprint density at radius 1 is 0.628 bits per heavy atom. The maximum atomic E-state index is 11.9. The van der Waals surface area contributed by atoms with Gasteiger partial charge in [-0.1, -0.05) is 18.2 Å². The number of aromatic nitrogens is 2. The topological polar surface area (TPSA) is 277 Å². The number of rotatable bonds is 22. The van der Waals surface area contributed by atoms with Crippen LogP contribution in [-0.2, 0) is 27.2 Å². The highest BCUT2D eigenvalue weighted by molar-refractivity contribution is 6.99. The van der Waals surface area contributed by atoms with E-state index in [2.05, 4.69) is 103 Å². The summed E-state index contributed by atoms with van der Waals surface area (Å²) in [6.07, 6.45) is 1.20. The van der Waals surface area contributed by atoms with Crippen LogP contribution in [0.2, 0.25) is 0 Å². The van der Waals surface area contributed by atoms with E-state index in [1.165, 1.54) is 6.92 Å². The van der Waals surface area contributed by atoms with Gasteiger partial charge < -0.3 is 80.3 Å². The van der Waals surface area contributed by atoms with Crippen LogP contribution >= 0.6 is 11.7 Å². The van der Waals surface area contributed by atoms with Crippen LogP contribution in [0.25, 0.3) is 0 Å². The summed E-state index contributed by atoms with van der Waals surface area (Å²) < 4.78 is 41.9. The molecule has 1 aliphatic carbocycles. The first-order valence-corrected chi connectivity index (χ1v) is 30.7. The van der Waals surface area contributed by atoms with Crippen molar-refractivity contribution in [2.24, 2.45) is 0 Å². The Bertz CT molecular complexity index is 2740. The maximum Gasteiger partial charge on any atom is 0.308 e. The van der Waals surface area contributed by atoms with E-state index >= 15 is 0 Å². The molecule has 0 spiro atoms. The lowest BCUT2D eigenvalue weighted by atomic mass is 9.90. The van der Waals surface area contributed by atoms with Crippen LogP contribution in [-0.4, -0.2) is 172 Å². The normalized spacial score (nSPS) is 15.7. The third-order valence-corrected chi connectivity index (χ3v) is 13.9. The van der Waals surface area contributed by atoms with Gasteiger partial charge in [0.1, 0.15) is 73.8 Å². The number of aryl methyl sites for hydroxylation is 1. The number of benzene rings is 3. The first kappa shape index (κ1) is 72.9. The SMILES string of the molecule is CC(=O)Oc1c(C)cc(OCC(O)CNC(C)(C)C)c(C)c1C.CC(C)(C)NCC(O)COc1cccc2c1CCC(=O)N2.CC(C)(C)NC[C@H](O)COc1cccc2c1CCCC2=O.CC(C)(C)NC[C@H](O)COc1nsnc1N1CCOCC1. The molecule has 2 aliphatic heterocycles. The number of hydrogen-bond donors (Lipinski definition) is 9. The number of esters is 1. The molecule has 4 aromatic rings. The lowest BCUT2D eigenvalue weighted by Gasteiger charge is -2.27. The van der Waals surface area contributed by atoms with Crippen molar-refractivity contribution in [2.45, 2.75) is 189 Å². The molecule has 1 amide bonds. The summed E-state index contributed by atoms with van der Waals surface area (Å²) in [4.78, 5) is 36.5. The molecule has 1 saturated heterocycles. The molecule has 7 rings (SSSR count). The maximum absolute atomic E-state index is 11.9. The minimum absolute atomic E-state index is 0.0257. The Morgan fingerprint density at radius 2 is 1.10 bits per heavy atom. The van der Waals surface area contributed by atoms with Gasteiger partial charge in [0, 0.05) is 104 Å². The molecule has 21 nitrogen and oxygen atoms in total. The third kappa shape index (κ3) is 27.2. The molecule has 4 atom stereocenters. The van der Waals surface area contributed by atoms with E-state index in [1.807, 2.05) is 84.0 Å². The molecule has 86 heavy (non-hydrogen) atoms. The number of ketones is 1. The van der Waals surface area contributed by atoms with E-state index in [4.69, 9.17) is 28.4 Å². The molecule has 1 aromatic heterocycles. The summed E-state index contributed by atoms with van der Waals surface area (Å²) in [5.41, 5.74) is 6.07. The largest absolute Gasteiger partial charge is 0.491 e. The molecule has 3 aliphatic rings. The predicted octanol–water partition coefficient (Wildman–Crippen LogP) is 7.20. The molecule has 2 unspecified atom stereocenters. The molecule has 9 N–H and O–H groups in total. The molecule has 0 bridgehead atoms. The number of fused-ring (bicyclic) bond motifs is 2. The quantitative estimate of drug-likeness (QED) is 0.0278. The minimum atomic E-state index is -0.595. The van der Waals surface area contributed by atoms with Gasteiger partial charge in [-0.15, -0.1) is 4.37 Å². The second-order valence-corrected chi connectivity index (χ2v) is 26.7. The number of amides is 1. The molecule has 3 heterocycles. The fourth-order valence-electron chi connectivity index (χ4n) is 8.68. The van der Waals surface area contributed by atoms with Crippen molar-refractivity contribution in [1.82, 2.24) is 30.0 Å². The molecule has 3 aromatic carbocycles. The van der Waals surface area contributed by atoms with Crippen LogP contribution in [0.5, 0.6) is 28.9 Å². The monoisotopic (exact) mass is 1220 g/mol. The number of β-amino-alcohol motifs (C(OH)–C–C–N with tert-alkyl or cyclic N) is 4. The third-order valence-electron chi connectivity index (χ3n) is 13.4. The van der Waals surface area contributed by atoms with Crippen LogP contribution in [0.1, 0.15) is 147 Å². The molecule has 482 valence electrons. The number of Topliss-reactive ketones (excluding diaryl/α,β-unsaturated/α-hetero) is 1. The van der Waals surface area contributed by atoms with Crippen molar-refractivity contribution in [3.05, 3.63) is 75.8 Å². The number of carbonyl (C=O) groups excluding carboxylic acids is 3. The van der Waals surface area contributed by atoms with Crippen molar-refractivity contribution < 1.29 is 63.2 Å². The standard InChI is InChI=1S/C18H29NO4.C17H25NO3.C16H24N2O3.C13H24N4O3S/c1-11-8-16(12(2)13(3)17(11)23-14(4)20)22-10-15(21)9-19-18(5,6)7;1-17(2,3)18-10-12(19)11-21-16-9-5-6-13-14(16)7-4-8-15(13)20;1-16(2,3)17-9-11(19)10-21-14-6-4-5-13-12(14)7-8-15(20)18-13;1-13(2,3)14-8-10(18)9-20-12-11(15-21-16-12)17-4-6-19-7-5-17/h8,15,19,21H,9-10H2,1-7H3;5-6,9,12,18-19H,4,7-8,10-11H2,1-3H3;4-6,11,17,19H,7-10H2,1-3H3,(H,18,20);10,14,18H,4-9H2,1-3H3/t;12-;;10-/m.0.0/s1. The molecule has 0 saturated carbocycles. The van der Waals surface area contributed by atoms with E-state index in [9.17, 15) is 34.8 Å². The first-order valence-electron chi connectivity index (χ1n) is 29.9. The van der Waals surface area contributed by atoms with E-state index in [1.54, 1.807) is 0 Å². The summed E-state index contributed by atoms with van der Waals surface area (Å²) >= 11 is 1.12. The number of ether oxygens (including phenoxy) is 6. The summed E-state index contributed by atoms with van der Waals surface area (Å²) in [6, 6.07) is 13.0. The Morgan fingerprint density at radius 3 is 1.60 bits per heavy atom. The highest BCUT2D eigenvalue weighted by Gasteiger charge is 2.25. The highest BCUT2D eigenvalue weighted by atomic mass is 32.1. The fraction of sp³-hybridized carbons (Fsp3) is 0.641. The van der Waals surface area contributed by atoms with Crippen molar-refractivity contribution in [1.29, 1.82) is 0 Å². The number of anilines is 2. The number of carbonyl (C=O) groups is 3.